The van der Waals surface area contributed by atoms with Crippen molar-refractivity contribution in [2.45, 2.75) is 26.3 Å². The van der Waals surface area contributed by atoms with Gasteiger partial charge in [-0.15, -0.1) is 0 Å². The van der Waals surface area contributed by atoms with E-state index in [0.29, 0.717) is 17.6 Å². The topological polar surface area (TPSA) is 80.7 Å². The maximum Gasteiger partial charge on any atom is 0.244 e. The number of nitrogens with one attached hydrogen (secondary N) is 1. The minimum atomic E-state index is -0.193. The molecule has 0 saturated heterocycles. The SMILES string of the molecule is CC[C@H](C)[C@H](N)c1nc(-c2ccc[nH]2)no1. The fourth-order valence-corrected chi connectivity index (χ4v) is 1.45. The van der Waals surface area contributed by atoms with Crippen LogP contribution in [0.3, 0.4) is 0 Å². The van der Waals surface area contributed by atoms with Crippen LogP contribution in [0.4, 0.5) is 0 Å². The van der Waals surface area contributed by atoms with Crippen LogP contribution < -0.4 is 5.73 Å². The zero-order chi connectivity index (χ0) is 11.5. The monoisotopic (exact) mass is 220 g/mol. The molecule has 0 aliphatic carbocycles. The summed E-state index contributed by atoms with van der Waals surface area (Å²) in [4.78, 5) is 7.31. The molecule has 2 atom stereocenters. The van der Waals surface area contributed by atoms with Crippen LogP contribution in [0.1, 0.15) is 32.2 Å². The Morgan fingerprint density at radius 3 is 3.00 bits per heavy atom. The number of rotatable bonds is 4. The van der Waals surface area contributed by atoms with Gasteiger partial charge in [0.05, 0.1) is 11.7 Å². The lowest BCUT2D eigenvalue weighted by Crippen LogP contribution is -2.18. The van der Waals surface area contributed by atoms with Gasteiger partial charge in [-0.25, -0.2) is 0 Å². The van der Waals surface area contributed by atoms with E-state index in [1.807, 2.05) is 18.3 Å². The fourth-order valence-electron chi connectivity index (χ4n) is 1.45. The van der Waals surface area contributed by atoms with Crippen LogP contribution in [0.5, 0.6) is 0 Å². The van der Waals surface area contributed by atoms with Crippen molar-refractivity contribution in [3.05, 3.63) is 24.2 Å². The van der Waals surface area contributed by atoms with Gasteiger partial charge in [0.2, 0.25) is 11.7 Å². The van der Waals surface area contributed by atoms with Crippen molar-refractivity contribution in [2.75, 3.05) is 0 Å². The Labute approximate surface area is 94.0 Å². The third-order valence-electron chi connectivity index (χ3n) is 2.82. The molecule has 2 rings (SSSR count). The smallest absolute Gasteiger partial charge is 0.244 e. The highest BCUT2D eigenvalue weighted by atomic mass is 16.5. The van der Waals surface area contributed by atoms with Crippen molar-refractivity contribution in [3.8, 4) is 11.5 Å². The quantitative estimate of drug-likeness (QED) is 0.826. The van der Waals surface area contributed by atoms with Crippen LogP contribution in [0.25, 0.3) is 11.5 Å². The summed E-state index contributed by atoms with van der Waals surface area (Å²) in [6.45, 7) is 4.16. The van der Waals surface area contributed by atoms with Crippen LogP contribution in [-0.2, 0) is 0 Å². The van der Waals surface area contributed by atoms with Gasteiger partial charge in [-0.05, 0) is 18.1 Å². The van der Waals surface area contributed by atoms with E-state index in [0.717, 1.165) is 12.1 Å². The number of hydrogen-bond acceptors (Lipinski definition) is 4. The average molecular weight is 220 g/mol. The van der Waals surface area contributed by atoms with E-state index in [1.165, 1.54) is 0 Å². The Morgan fingerprint density at radius 1 is 1.56 bits per heavy atom. The van der Waals surface area contributed by atoms with Crippen LogP contribution in [0.15, 0.2) is 22.9 Å². The average Bonchev–Trinajstić information content (AvgIpc) is 2.96. The van der Waals surface area contributed by atoms with Crippen molar-refractivity contribution in [1.29, 1.82) is 0 Å². The Morgan fingerprint density at radius 2 is 2.38 bits per heavy atom. The molecule has 5 nitrogen and oxygen atoms in total. The number of aromatic nitrogens is 3. The highest BCUT2D eigenvalue weighted by Crippen LogP contribution is 2.22. The molecule has 0 saturated carbocycles. The molecule has 0 amide bonds. The van der Waals surface area contributed by atoms with Crippen molar-refractivity contribution in [2.24, 2.45) is 11.7 Å². The van der Waals surface area contributed by atoms with E-state index < -0.39 is 0 Å². The lowest BCUT2D eigenvalue weighted by atomic mass is 10.0. The molecule has 2 aromatic heterocycles. The molecule has 0 aromatic carbocycles. The van der Waals surface area contributed by atoms with Gasteiger partial charge in [0.1, 0.15) is 0 Å². The molecule has 0 bridgehead atoms. The summed E-state index contributed by atoms with van der Waals surface area (Å²) >= 11 is 0. The predicted molar refractivity (Wildman–Crippen MR) is 60.5 cm³/mol. The molecule has 0 unspecified atom stereocenters. The molecule has 0 aliphatic heterocycles. The highest BCUT2D eigenvalue weighted by molar-refractivity contribution is 5.47. The summed E-state index contributed by atoms with van der Waals surface area (Å²) in [5, 5.41) is 3.90. The first-order valence-corrected chi connectivity index (χ1v) is 5.45. The summed E-state index contributed by atoms with van der Waals surface area (Å²) in [5.41, 5.74) is 6.85. The minimum absolute atomic E-state index is 0.193. The van der Waals surface area contributed by atoms with Gasteiger partial charge in [0, 0.05) is 6.20 Å². The van der Waals surface area contributed by atoms with Gasteiger partial charge >= 0.3 is 0 Å². The Hall–Kier alpha value is -1.62. The maximum absolute atomic E-state index is 6.01. The van der Waals surface area contributed by atoms with Crippen LogP contribution >= 0.6 is 0 Å². The lowest BCUT2D eigenvalue weighted by molar-refractivity contribution is 0.312. The molecule has 0 fully saturated rings. The third-order valence-corrected chi connectivity index (χ3v) is 2.82. The first-order chi connectivity index (χ1) is 7.72. The van der Waals surface area contributed by atoms with Crippen molar-refractivity contribution in [1.82, 2.24) is 15.1 Å². The number of H-pyrrole nitrogens is 1. The van der Waals surface area contributed by atoms with Gasteiger partial charge in [-0.2, -0.15) is 4.98 Å². The molecular formula is C11H16N4O. The van der Waals surface area contributed by atoms with Gasteiger partial charge in [-0.1, -0.05) is 25.4 Å². The lowest BCUT2D eigenvalue weighted by Gasteiger charge is -2.12. The molecule has 0 radical (unpaired) electrons. The molecule has 0 spiro atoms. The van der Waals surface area contributed by atoms with Gasteiger partial charge in [0.15, 0.2) is 0 Å². The zero-order valence-electron chi connectivity index (χ0n) is 9.47. The highest BCUT2D eigenvalue weighted by Gasteiger charge is 2.20. The molecule has 2 heterocycles. The Bertz CT molecular complexity index is 435. The summed E-state index contributed by atoms with van der Waals surface area (Å²) in [6, 6.07) is 3.59. The minimum Gasteiger partial charge on any atom is -0.359 e. The van der Waals surface area contributed by atoms with E-state index in [-0.39, 0.29) is 6.04 Å². The van der Waals surface area contributed by atoms with E-state index in [1.54, 1.807) is 0 Å². The largest absolute Gasteiger partial charge is 0.359 e. The summed E-state index contributed by atoms with van der Waals surface area (Å²) in [6.07, 6.45) is 2.81. The predicted octanol–water partition coefficient (Wildman–Crippen LogP) is 2.11. The van der Waals surface area contributed by atoms with E-state index in [2.05, 4.69) is 29.0 Å². The maximum atomic E-state index is 6.01. The Kier molecular flexibility index (Phi) is 3.05. The molecule has 16 heavy (non-hydrogen) atoms. The van der Waals surface area contributed by atoms with Crippen LogP contribution in [-0.4, -0.2) is 15.1 Å². The van der Waals surface area contributed by atoms with Crippen LogP contribution in [0.2, 0.25) is 0 Å². The second-order valence-electron chi connectivity index (χ2n) is 3.95. The number of aromatic amines is 1. The first kappa shape index (κ1) is 10.9. The van der Waals surface area contributed by atoms with E-state index >= 15 is 0 Å². The third kappa shape index (κ3) is 1.99. The molecule has 86 valence electrons. The number of nitrogens with zero attached hydrogens (tertiary/aromatic N) is 2. The van der Waals surface area contributed by atoms with Crippen molar-refractivity contribution < 1.29 is 4.52 Å². The van der Waals surface area contributed by atoms with E-state index in [4.69, 9.17) is 10.3 Å². The standard InChI is InChI=1S/C11H16N4O/c1-3-7(2)9(12)11-14-10(15-16-11)8-5-4-6-13-8/h4-7,9,13H,3,12H2,1-2H3/t7-,9-/m0/s1. The number of nitrogens with two attached hydrogens (primary N) is 1. The van der Waals surface area contributed by atoms with Crippen molar-refractivity contribution in [3.63, 3.8) is 0 Å². The second-order valence-corrected chi connectivity index (χ2v) is 3.95. The molecule has 2 aromatic rings. The summed E-state index contributed by atoms with van der Waals surface area (Å²) in [7, 11) is 0. The Balaban J connectivity index is 2.20. The molecular weight excluding hydrogens is 204 g/mol. The van der Waals surface area contributed by atoms with Gasteiger partial charge in [0.25, 0.3) is 0 Å². The normalized spacial score (nSPS) is 14.9. The van der Waals surface area contributed by atoms with Crippen molar-refractivity contribution >= 4 is 0 Å². The van der Waals surface area contributed by atoms with Gasteiger partial charge in [-0.3, -0.25) is 0 Å². The van der Waals surface area contributed by atoms with Gasteiger partial charge < -0.3 is 15.2 Å². The van der Waals surface area contributed by atoms with E-state index in [9.17, 15) is 0 Å². The molecule has 0 aliphatic rings. The molecule has 5 heteroatoms. The van der Waals surface area contributed by atoms with Crippen LogP contribution in [0, 0.1) is 5.92 Å². The summed E-state index contributed by atoms with van der Waals surface area (Å²) < 4.78 is 5.17. The fraction of sp³-hybridized carbons (Fsp3) is 0.455. The molecule has 3 N–H and O–H groups in total. The summed E-state index contributed by atoms with van der Waals surface area (Å²) in [5.74, 6) is 1.38. The zero-order valence-corrected chi connectivity index (χ0v) is 9.47. The number of hydrogen-bond donors (Lipinski definition) is 2. The second kappa shape index (κ2) is 4.49. The first-order valence-electron chi connectivity index (χ1n) is 5.45.